The zero-order chi connectivity index (χ0) is 16.9. The number of hydrogen-bond donors (Lipinski definition) is 2. The molecule has 2 N–H and O–H groups in total. The van der Waals surface area contributed by atoms with Gasteiger partial charge < -0.3 is 10.6 Å². The summed E-state index contributed by atoms with van der Waals surface area (Å²) in [6.07, 6.45) is 4.08. The van der Waals surface area contributed by atoms with Gasteiger partial charge in [0.15, 0.2) is 0 Å². The SMILES string of the molecule is CC(NC(=O)CCC1CCNCC1)c1ccc(C(C)(C)C)cc1.Cl. The second-order valence-corrected chi connectivity index (χ2v) is 7.89. The molecule has 1 aliphatic heterocycles. The van der Waals surface area contributed by atoms with Crippen molar-refractivity contribution < 1.29 is 4.79 Å². The molecule has 0 bridgehead atoms. The van der Waals surface area contributed by atoms with Gasteiger partial charge in [-0.15, -0.1) is 12.4 Å². The Kier molecular flexibility index (Phi) is 8.24. The quantitative estimate of drug-likeness (QED) is 0.826. The number of amides is 1. The first-order chi connectivity index (χ1) is 10.9. The fourth-order valence-electron chi connectivity index (χ4n) is 3.17. The zero-order valence-electron chi connectivity index (χ0n) is 15.5. The van der Waals surface area contributed by atoms with Crippen molar-refractivity contribution in [3.05, 3.63) is 35.4 Å². The number of nitrogens with one attached hydrogen (secondary N) is 2. The molecule has 0 radical (unpaired) electrons. The molecule has 1 saturated heterocycles. The fourth-order valence-corrected chi connectivity index (χ4v) is 3.17. The van der Waals surface area contributed by atoms with Gasteiger partial charge in [-0.05, 0) is 61.7 Å². The van der Waals surface area contributed by atoms with Gasteiger partial charge in [0.2, 0.25) is 5.91 Å². The number of rotatable bonds is 5. The molecule has 1 heterocycles. The molecule has 1 atom stereocenters. The summed E-state index contributed by atoms with van der Waals surface area (Å²) in [5, 5.41) is 6.51. The molecule has 1 amide bonds. The van der Waals surface area contributed by atoms with Crippen molar-refractivity contribution >= 4 is 18.3 Å². The Morgan fingerprint density at radius 3 is 2.33 bits per heavy atom. The molecular weight excluding hydrogens is 320 g/mol. The Bertz CT molecular complexity index is 501. The zero-order valence-corrected chi connectivity index (χ0v) is 16.3. The molecule has 1 unspecified atom stereocenters. The van der Waals surface area contributed by atoms with E-state index in [0.717, 1.165) is 19.5 Å². The molecular formula is C20H33ClN2O. The lowest BCUT2D eigenvalue weighted by atomic mass is 9.86. The minimum absolute atomic E-state index is 0. The van der Waals surface area contributed by atoms with Gasteiger partial charge in [-0.3, -0.25) is 4.79 Å². The smallest absolute Gasteiger partial charge is 0.220 e. The van der Waals surface area contributed by atoms with Crippen molar-refractivity contribution in [1.29, 1.82) is 0 Å². The summed E-state index contributed by atoms with van der Waals surface area (Å²) < 4.78 is 0. The second kappa shape index (κ2) is 9.43. The van der Waals surface area contributed by atoms with Crippen LogP contribution >= 0.6 is 12.4 Å². The van der Waals surface area contributed by atoms with Crippen molar-refractivity contribution in [2.45, 2.75) is 64.8 Å². The number of halogens is 1. The first kappa shape index (κ1) is 21.0. The Balaban J connectivity index is 0.00000288. The van der Waals surface area contributed by atoms with E-state index in [1.54, 1.807) is 0 Å². The lowest BCUT2D eigenvalue weighted by Crippen LogP contribution is -2.30. The summed E-state index contributed by atoms with van der Waals surface area (Å²) >= 11 is 0. The number of hydrogen-bond acceptors (Lipinski definition) is 2. The lowest BCUT2D eigenvalue weighted by molar-refractivity contribution is -0.122. The summed E-state index contributed by atoms with van der Waals surface area (Å²) in [7, 11) is 0. The van der Waals surface area contributed by atoms with Gasteiger partial charge in [0.1, 0.15) is 0 Å². The van der Waals surface area contributed by atoms with Gasteiger partial charge in [0.25, 0.3) is 0 Å². The number of carbonyl (C=O) groups is 1. The molecule has 0 aromatic heterocycles. The van der Waals surface area contributed by atoms with E-state index in [4.69, 9.17) is 0 Å². The van der Waals surface area contributed by atoms with Crippen molar-refractivity contribution in [2.75, 3.05) is 13.1 Å². The molecule has 1 aromatic carbocycles. The summed E-state index contributed by atoms with van der Waals surface area (Å²) in [6, 6.07) is 8.70. The maximum Gasteiger partial charge on any atom is 0.220 e. The Hall–Kier alpha value is -1.06. The highest BCUT2D eigenvalue weighted by Gasteiger charge is 2.17. The van der Waals surface area contributed by atoms with Crippen molar-refractivity contribution in [3.63, 3.8) is 0 Å². The Morgan fingerprint density at radius 1 is 1.21 bits per heavy atom. The standard InChI is InChI=1S/C20H32N2O.ClH/c1-15(17-6-8-18(9-7-17)20(2,3)4)22-19(23)10-5-16-11-13-21-14-12-16;/h6-9,15-16,21H,5,10-14H2,1-4H3,(H,22,23);1H. The highest BCUT2D eigenvalue weighted by molar-refractivity contribution is 5.85. The molecule has 1 aromatic rings. The molecule has 1 fully saturated rings. The summed E-state index contributed by atoms with van der Waals surface area (Å²) in [5.41, 5.74) is 2.67. The molecule has 3 nitrogen and oxygen atoms in total. The van der Waals surface area contributed by atoms with E-state index in [0.29, 0.717) is 12.3 Å². The maximum absolute atomic E-state index is 12.2. The predicted octanol–water partition coefficient (Wildman–Crippen LogP) is 4.36. The van der Waals surface area contributed by atoms with Crippen molar-refractivity contribution in [2.24, 2.45) is 5.92 Å². The molecule has 0 saturated carbocycles. The van der Waals surface area contributed by atoms with Gasteiger partial charge in [0, 0.05) is 6.42 Å². The minimum Gasteiger partial charge on any atom is -0.350 e. The number of piperidine rings is 1. The molecule has 4 heteroatoms. The van der Waals surface area contributed by atoms with Crippen LogP contribution in [0.25, 0.3) is 0 Å². The van der Waals surface area contributed by atoms with Crippen molar-refractivity contribution in [1.82, 2.24) is 10.6 Å². The second-order valence-electron chi connectivity index (χ2n) is 7.89. The molecule has 0 aliphatic carbocycles. The number of carbonyl (C=O) groups excluding carboxylic acids is 1. The highest BCUT2D eigenvalue weighted by Crippen LogP contribution is 2.24. The molecule has 136 valence electrons. The Labute approximate surface area is 153 Å². The van der Waals surface area contributed by atoms with Crippen LogP contribution in [-0.4, -0.2) is 19.0 Å². The van der Waals surface area contributed by atoms with E-state index in [-0.39, 0.29) is 29.8 Å². The third-order valence-corrected chi connectivity index (χ3v) is 4.89. The van der Waals surface area contributed by atoms with Crippen LogP contribution in [0.4, 0.5) is 0 Å². The highest BCUT2D eigenvalue weighted by atomic mass is 35.5. The van der Waals surface area contributed by atoms with Gasteiger partial charge in [-0.25, -0.2) is 0 Å². The van der Waals surface area contributed by atoms with Gasteiger partial charge in [-0.1, -0.05) is 45.0 Å². The van der Waals surface area contributed by atoms with Crippen LogP contribution in [0.15, 0.2) is 24.3 Å². The largest absolute Gasteiger partial charge is 0.350 e. The van der Waals surface area contributed by atoms with E-state index in [1.165, 1.54) is 24.0 Å². The Morgan fingerprint density at radius 2 is 1.79 bits per heavy atom. The molecule has 24 heavy (non-hydrogen) atoms. The lowest BCUT2D eigenvalue weighted by Gasteiger charge is -2.23. The first-order valence-corrected chi connectivity index (χ1v) is 8.97. The van der Waals surface area contributed by atoms with Crippen LogP contribution in [0.1, 0.15) is 70.5 Å². The summed E-state index contributed by atoms with van der Waals surface area (Å²) in [5.74, 6) is 0.888. The molecule has 1 aliphatic rings. The van der Waals surface area contributed by atoms with Gasteiger partial charge in [0.05, 0.1) is 6.04 Å². The summed E-state index contributed by atoms with van der Waals surface area (Å²) in [4.78, 5) is 12.2. The van der Waals surface area contributed by atoms with Gasteiger partial charge in [-0.2, -0.15) is 0 Å². The van der Waals surface area contributed by atoms with Crippen LogP contribution in [0.5, 0.6) is 0 Å². The van der Waals surface area contributed by atoms with Crippen molar-refractivity contribution in [3.8, 4) is 0 Å². The third-order valence-electron chi connectivity index (χ3n) is 4.89. The van der Waals surface area contributed by atoms with E-state index in [2.05, 4.69) is 62.6 Å². The maximum atomic E-state index is 12.2. The van der Waals surface area contributed by atoms with E-state index < -0.39 is 0 Å². The van der Waals surface area contributed by atoms with Crippen LogP contribution in [0.3, 0.4) is 0 Å². The molecule has 2 rings (SSSR count). The van der Waals surface area contributed by atoms with Crippen LogP contribution in [-0.2, 0) is 10.2 Å². The minimum atomic E-state index is 0. The van der Waals surface area contributed by atoms with E-state index in [1.807, 2.05) is 0 Å². The summed E-state index contributed by atoms with van der Waals surface area (Å²) in [6.45, 7) is 10.9. The molecule has 0 spiro atoms. The normalized spacial score (nSPS) is 17.0. The monoisotopic (exact) mass is 352 g/mol. The van der Waals surface area contributed by atoms with Crippen LogP contribution < -0.4 is 10.6 Å². The first-order valence-electron chi connectivity index (χ1n) is 8.97. The average molecular weight is 353 g/mol. The number of benzene rings is 1. The fraction of sp³-hybridized carbons (Fsp3) is 0.650. The topological polar surface area (TPSA) is 41.1 Å². The van der Waals surface area contributed by atoms with Crippen LogP contribution in [0, 0.1) is 5.92 Å². The third kappa shape index (κ3) is 6.45. The van der Waals surface area contributed by atoms with E-state index >= 15 is 0 Å². The van der Waals surface area contributed by atoms with Crippen LogP contribution in [0.2, 0.25) is 0 Å². The van der Waals surface area contributed by atoms with Gasteiger partial charge >= 0.3 is 0 Å². The predicted molar refractivity (Wildman–Crippen MR) is 104 cm³/mol. The van der Waals surface area contributed by atoms with E-state index in [9.17, 15) is 4.79 Å². The average Bonchev–Trinajstić information content (AvgIpc) is 2.53.